The Bertz CT molecular complexity index is 1610. The van der Waals surface area contributed by atoms with Crippen molar-refractivity contribution in [2.75, 3.05) is 14.1 Å². The number of H-pyrrole nitrogens is 2. The lowest BCUT2D eigenvalue weighted by Crippen LogP contribution is -2.10. The van der Waals surface area contributed by atoms with E-state index in [2.05, 4.69) is 79.5 Å². The van der Waals surface area contributed by atoms with E-state index in [1.54, 1.807) is 12.4 Å². The Morgan fingerprint density at radius 3 is 2.65 bits per heavy atom. The van der Waals surface area contributed by atoms with E-state index >= 15 is 0 Å². The van der Waals surface area contributed by atoms with Gasteiger partial charge in [-0.05, 0) is 67.7 Å². The molecule has 0 aliphatic rings. The quantitative estimate of drug-likeness (QED) is 0.376. The predicted molar refractivity (Wildman–Crippen MR) is 135 cm³/mol. The van der Waals surface area contributed by atoms with Gasteiger partial charge in [0.2, 0.25) is 0 Å². The minimum Gasteiger partial charge on any atom is -0.338 e. The Balaban J connectivity index is 1.45. The zero-order valence-electron chi connectivity index (χ0n) is 18.9. The summed E-state index contributed by atoms with van der Waals surface area (Å²) in [5.74, 6) is 0. The first-order valence-corrected chi connectivity index (χ1v) is 11.1. The molecule has 0 aliphatic heterocycles. The van der Waals surface area contributed by atoms with Gasteiger partial charge in [0.15, 0.2) is 0 Å². The molecule has 0 spiro atoms. The summed E-state index contributed by atoms with van der Waals surface area (Å²) in [5.41, 5.74) is 8.89. The van der Waals surface area contributed by atoms with Crippen LogP contribution in [0.3, 0.4) is 0 Å². The SMILES string of the molecule is CN(C)Cc1cncc(-c2ccc3[nH]nc(-c4cc5c(-c6ccccn6)ccnc5[nH]4)c3c2)c1. The van der Waals surface area contributed by atoms with Crippen molar-refractivity contribution in [1.29, 1.82) is 0 Å². The van der Waals surface area contributed by atoms with Crippen molar-refractivity contribution >= 4 is 21.9 Å². The largest absolute Gasteiger partial charge is 0.338 e. The molecule has 6 aromatic rings. The second kappa shape index (κ2) is 8.20. The number of benzene rings is 1. The number of aromatic nitrogens is 6. The fraction of sp³-hybridized carbons (Fsp3) is 0.111. The highest BCUT2D eigenvalue weighted by atomic mass is 15.1. The van der Waals surface area contributed by atoms with E-state index in [0.717, 1.165) is 62.3 Å². The highest BCUT2D eigenvalue weighted by Crippen LogP contribution is 2.34. The van der Waals surface area contributed by atoms with E-state index in [-0.39, 0.29) is 0 Å². The zero-order chi connectivity index (χ0) is 23.1. The Labute approximate surface area is 196 Å². The summed E-state index contributed by atoms with van der Waals surface area (Å²) in [5, 5.41) is 9.86. The van der Waals surface area contributed by atoms with Crippen LogP contribution in [0.2, 0.25) is 0 Å². The molecule has 0 bridgehead atoms. The lowest BCUT2D eigenvalue weighted by atomic mass is 10.0. The summed E-state index contributed by atoms with van der Waals surface area (Å²) < 4.78 is 0. The molecule has 1 aromatic carbocycles. The van der Waals surface area contributed by atoms with E-state index in [0.29, 0.717) is 0 Å². The van der Waals surface area contributed by atoms with Gasteiger partial charge < -0.3 is 9.88 Å². The van der Waals surface area contributed by atoms with Crippen LogP contribution in [0.15, 0.2) is 79.4 Å². The van der Waals surface area contributed by atoms with Gasteiger partial charge in [-0.15, -0.1) is 0 Å². The Hall–Kier alpha value is -4.36. The molecule has 0 unspecified atom stereocenters. The first kappa shape index (κ1) is 20.3. The molecule has 6 rings (SSSR count). The molecule has 166 valence electrons. The summed E-state index contributed by atoms with van der Waals surface area (Å²) in [6.07, 6.45) is 7.44. The third-order valence-electron chi connectivity index (χ3n) is 5.92. The minimum atomic E-state index is 0.811. The molecule has 0 saturated heterocycles. The lowest BCUT2D eigenvalue weighted by molar-refractivity contribution is 0.402. The molecule has 7 heteroatoms. The zero-order valence-corrected chi connectivity index (χ0v) is 18.9. The maximum atomic E-state index is 4.63. The normalized spacial score (nSPS) is 11.6. The number of hydrogen-bond donors (Lipinski definition) is 2. The van der Waals surface area contributed by atoms with E-state index in [1.165, 1.54) is 5.56 Å². The lowest BCUT2D eigenvalue weighted by Gasteiger charge is -2.10. The van der Waals surface area contributed by atoms with Crippen molar-refractivity contribution in [1.82, 2.24) is 35.0 Å². The monoisotopic (exact) mass is 445 g/mol. The van der Waals surface area contributed by atoms with Crippen molar-refractivity contribution in [2.45, 2.75) is 6.54 Å². The summed E-state index contributed by atoms with van der Waals surface area (Å²) in [4.78, 5) is 19.1. The first-order valence-electron chi connectivity index (χ1n) is 11.1. The van der Waals surface area contributed by atoms with Crippen LogP contribution in [-0.4, -0.2) is 49.1 Å². The van der Waals surface area contributed by atoms with Crippen LogP contribution in [-0.2, 0) is 6.54 Å². The Morgan fingerprint density at radius 2 is 1.79 bits per heavy atom. The van der Waals surface area contributed by atoms with E-state index in [1.807, 2.05) is 36.7 Å². The minimum absolute atomic E-state index is 0.811. The molecule has 7 nitrogen and oxygen atoms in total. The number of hydrogen-bond acceptors (Lipinski definition) is 5. The highest BCUT2D eigenvalue weighted by molar-refractivity contribution is 6.00. The van der Waals surface area contributed by atoms with Crippen LogP contribution >= 0.6 is 0 Å². The molecule has 0 aliphatic carbocycles. The molecular weight excluding hydrogens is 422 g/mol. The van der Waals surface area contributed by atoms with E-state index in [9.17, 15) is 0 Å². The average molecular weight is 446 g/mol. The van der Waals surface area contributed by atoms with Gasteiger partial charge in [-0.25, -0.2) is 4.98 Å². The number of aromatic amines is 2. The molecule has 34 heavy (non-hydrogen) atoms. The van der Waals surface area contributed by atoms with E-state index < -0.39 is 0 Å². The first-order chi connectivity index (χ1) is 16.7. The average Bonchev–Trinajstić information content (AvgIpc) is 3.48. The molecule has 0 fully saturated rings. The number of rotatable bonds is 5. The Kier molecular flexibility index (Phi) is 4.89. The smallest absolute Gasteiger partial charge is 0.138 e. The van der Waals surface area contributed by atoms with Crippen LogP contribution in [0.1, 0.15) is 5.56 Å². The van der Waals surface area contributed by atoms with Gasteiger partial charge in [0.05, 0.1) is 16.9 Å². The second-order valence-electron chi connectivity index (χ2n) is 8.67. The topological polar surface area (TPSA) is 86.4 Å². The number of nitrogens with one attached hydrogen (secondary N) is 2. The maximum Gasteiger partial charge on any atom is 0.138 e. The van der Waals surface area contributed by atoms with Crippen LogP contribution in [0.25, 0.3) is 55.7 Å². The van der Waals surface area contributed by atoms with Crippen molar-refractivity contribution in [3.05, 3.63) is 84.9 Å². The van der Waals surface area contributed by atoms with Crippen LogP contribution in [0, 0.1) is 0 Å². The molecule has 0 atom stereocenters. The van der Waals surface area contributed by atoms with E-state index in [4.69, 9.17) is 0 Å². The predicted octanol–water partition coefficient (Wildman–Crippen LogP) is 5.29. The van der Waals surface area contributed by atoms with Gasteiger partial charge >= 0.3 is 0 Å². The molecule has 0 amide bonds. The van der Waals surface area contributed by atoms with Gasteiger partial charge in [-0.2, -0.15) is 5.10 Å². The van der Waals surface area contributed by atoms with Crippen LogP contribution in [0.4, 0.5) is 0 Å². The highest BCUT2D eigenvalue weighted by Gasteiger charge is 2.15. The summed E-state index contributed by atoms with van der Waals surface area (Å²) in [6.45, 7) is 0.848. The fourth-order valence-corrected chi connectivity index (χ4v) is 4.40. The van der Waals surface area contributed by atoms with Crippen LogP contribution < -0.4 is 0 Å². The van der Waals surface area contributed by atoms with Gasteiger partial charge in [0.1, 0.15) is 11.3 Å². The molecular formula is C27H23N7. The summed E-state index contributed by atoms with van der Waals surface area (Å²) >= 11 is 0. The standard InChI is InChI=1S/C27H23N7/c1-34(2)16-17-11-19(15-28-14-17)18-6-7-24-22(12-18)26(33-32-24)25-13-21-20(8-10-30-27(21)31-25)23-5-3-4-9-29-23/h3-15H,16H2,1-2H3,(H,30,31)(H,32,33). The van der Waals surface area contributed by atoms with Crippen LogP contribution in [0.5, 0.6) is 0 Å². The second-order valence-corrected chi connectivity index (χ2v) is 8.67. The molecule has 2 N–H and O–H groups in total. The summed E-state index contributed by atoms with van der Waals surface area (Å²) in [7, 11) is 4.12. The number of fused-ring (bicyclic) bond motifs is 2. The van der Waals surface area contributed by atoms with Crippen molar-refractivity contribution in [3.63, 3.8) is 0 Å². The summed E-state index contributed by atoms with van der Waals surface area (Å²) in [6, 6.07) is 18.6. The molecule has 5 heterocycles. The van der Waals surface area contributed by atoms with Gasteiger partial charge in [0.25, 0.3) is 0 Å². The molecule has 5 aromatic heterocycles. The van der Waals surface area contributed by atoms with Gasteiger partial charge in [-0.3, -0.25) is 15.1 Å². The number of nitrogens with zero attached hydrogens (tertiary/aromatic N) is 5. The van der Waals surface area contributed by atoms with Crippen molar-refractivity contribution in [3.8, 4) is 33.8 Å². The van der Waals surface area contributed by atoms with Crippen molar-refractivity contribution < 1.29 is 0 Å². The third-order valence-corrected chi connectivity index (χ3v) is 5.92. The van der Waals surface area contributed by atoms with Crippen molar-refractivity contribution in [2.24, 2.45) is 0 Å². The van der Waals surface area contributed by atoms with Gasteiger partial charge in [-0.1, -0.05) is 12.1 Å². The number of pyridine rings is 3. The Morgan fingerprint density at radius 1 is 0.853 bits per heavy atom. The molecule has 0 saturated carbocycles. The van der Waals surface area contributed by atoms with Gasteiger partial charge in [0, 0.05) is 53.2 Å². The fourth-order valence-electron chi connectivity index (χ4n) is 4.40. The maximum absolute atomic E-state index is 4.63. The molecule has 0 radical (unpaired) electrons. The third kappa shape index (κ3) is 3.62.